The highest BCUT2D eigenvalue weighted by molar-refractivity contribution is 7.11. The van der Waals surface area contributed by atoms with Crippen LogP contribution in [0.25, 0.3) is 0 Å². The largest absolute Gasteiger partial charge is 0.379 e. The quantitative estimate of drug-likeness (QED) is 0.854. The number of carbonyl (C=O) groups excluding carboxylic acids is 1. The smallest absolute Gasteiger partial charge is 0.242 e. The molecular formula is C18H24N4O2S. The molecule has 1 aliphatic rings. The third-order valence-electron chi connectivity index (χ3n) is 4.30. The summed E-state index contributed by atoms with van der Waals surface area (Å²) in [6, 6.07) is 3.50. The molecule has 3 heterocycles. The maximum Gasteiger partial charge on any atom is 0.242 e. The van der Waals surface area contributed by atoms with Crippen molar-refractivity contribution in [1.29, 1.82) is 0 Å². The molecule has 0 spiro atoms. The molecule has 0 radical (unpaired) electrons. The second kappa shape index (κ2) is 8.51. The van der Waals surface area contributed by atoms with E-state index in [2.05, 4.69) is 27.1 Å². The number of pyridine rings is 1. The lowest BCUT2D eigenvalue weighted by Gasteiger charge is -2.33. The molecule has 1 N–H and O–H groups in total. The Hall–Kier alpha value is -1.83. The van der Waals surface area contributed by atoms with E-state index >= 15 is 0 Å². The zero-order valence-corrected chi connectivity index (χ0v) is 15.5. The number of rotatable bonds is 6. The first-order valence-corrected chi connectivity index (χ1v) is 9.45. The van der Waals surface area contributed by atoms with Crippen LogP contribution >= 0.6 is 11.3 Å². The molecule has 0 aliphatic carbocycles. The van der Waals surface area contributed by atoms with Gasteiger partial charge in [0.15, 0.2) is 0 Å². The Labute approximate surface area is 152 Å². The van der Waals surface area contributed by atoms with Crippen LogP contribution in [0.5, 0.6) is 0 Å². The summed E-state index contributed by atoms with van der Waals surface area (Å²) in [6.45, 7) is 7.40. The molecule has 134 valence electrons. The van der Waals surface area contributed by atoms with Gasteiger partial charge in [-0.1, -0.05) is 13.0 Å². The van der Waals surface area contributed by atoms with Crippen molar-refractivity contribution >= 4 is 17.2 Å². The molecule has 2 aromatic rings. The molecule has 0 bridgehead atoms. The van der Waals surface area contributed by atoms with Crippen molar-refractivity contribution in [2.75, 3.05) is 26.3 Å². The van der Waals surface area contributed by atoms with E-state index in [1.54, 1.807) is 23.7 Å². The van der Waals surface area contributed by atoms with Crippen molar-refractivity contribution in [2.45, 2.75) is 32.9 Å². The minimum absolute atomic E-state index is 0.00278. The minimum Gasteiger partial charge on any atom is -0.379 e. The molecule has 6 nitrogen and oxygen atoms in total. The molecule has 0 aromatic carbocycles. The Morgan fingerprint density at radius 1 is 1.44 bits per heavy atom. The first kappa shape index (κ1) is 18.0. The fraction of sp³-hybridized carbons (Fsp3) is 0.500. The number of amides is 1. The summed E-state index contributed by atoms with van der Waals surface area (Å²) in [5.74, 6) is 0.00278. The van der Waals surface area contributed by atoms with Crippen LogP contribution in [0, 0.1) is 6.92 Å². The summed E-state index contributed by atoms with van der Waals surface area (Å²) in [5, 5.41) is 4.14. The number of hydrogen-bond acceptors (Lipinski definition) is 6. The molecule has 0 saturated carbocycles. The number of ether oxygens (including phenoxy) is 1. The Morgan fingerprint density at radius 3 is 2.92 bits per heavy atom. The second-order valence-corrected chi connectivity index (χ2v) is 7.30. The standard InChI is InChI=1S/C18H24N4O2S/c1-3-15-16(25-13(2)21-15)12-20-18(23)17(14-5-4-6-19-11-14)22-7-9-24-10-8-22/h4-6,11,17H,3,7-10,12H2,1-2H3,(H,20,23)/t17-/m1/s1. The van der Waals surface area contributed by atoms with E-state index in [0.717, 1.165) is 40.7 Å². The van der Waals surface area contributed by atoms with E-state index in [1.165, 1.54) is 0 Å². The molecule has 1 aliphatic heterocycles. The van der Waals surface area contributed by atoms with Crippen molar-refractivity contribution in [3.8, 4) is 0 Å². The summed E-state index contributed by atoms with van der Waals surface area (Å²) in [7, 11) is 0. The highest BCUT2D eigenvalue weighted by Gasteiger charge is 2.29. The first-order valence-electron chi connectivity index (χ1n) is 8.63. The van der Waals surface area contributed by atoms with Gasteiger partial charge in [-0.05, 0) is 25.0 Å². The van der Waals surface area contributed by atoms with Crippen molar-refractivity contribution in [3.63, 3.8) is 0 Å². The molecule has 1 atom stereocenters. The molecule has 2 aromatic heterocycles. The molecule has 7 heteroatoms. The van der Waals surface area contributed by atoms with E-state index in [1.807, 2.05) is 19.1 Å². The van der Waals surface area contributed by atoms with Crippen LogP contribution in [-0.2, 0) is 22.5 Å². The van der Waals surface area contributed by atoms with E-state index in [0.29, 0.717) is 19.8 Å². The van der Waals surface area contributed by atoms with Gasteiger partial charge in [0, 0.05) is 30.4 Å². The highest BCUT2D eigenvalue weighted by atomic mass is 32.1. The minimum atomic E-state index is -0.336. The van der Waals surface area contributed by atoms with Gasteiger partial charge in [-0.3, -0.25) is 14.7 Å². The zero-order chi connectivity index (χ0) is 17.6. The summed E-state index contributed by atoms with van der Waals surface area (Å²) in [5.41, 5.74) is 1.99. The number of aromatic nitrogens is 2. The van der Waals surface area contributed by atoms with Gasteiger partial charge in [0.2, 0.25) is 5.91 Å². The van der Waals surface area contributed by atoms with Gasteiger partial charge in [-0.15, -0.1) is 11.3 Å². The van der Waals surface area contributed by atoms with Crippen LogP contribution in [0.2, 0.25) is 0 Å². The van der Waals surface area contributed by atoms with Gasteiger partial charge in [0.05, 0.1) is 30.5 Å². The lowest BCUT2D eigenvalue weighted by atomic mass is 10.1. The molecule has 1 amide bonds. The third-order valence-corrected chi connectivity index (χ3v) is 5.32. The summed E-state index contributed by atoms with van der Waals surface area (Å²) in [4.78, 5) is 25.0. The lowest BCUT2D eigenvalue weighted by Crippen LogP contribution is -2.45. The van der Waals surface area contributed by atoms with Crippen LogP contribution < -0.4 is 5.32 Å². The van der Waals surface area contributed by atoms with Gasteiger partial charge in [0.25, 0.3) is 0 Å². The number of hydrogen-bond donors (Lipinski definition) is 1. The maximum absolute atomic E-state index is 13.0. The third kappa shape index (κ3) is 4.42. The predicted octanol–water partition coefficient (Wildman–Crippen LogP) is 2.10. The number of thiazole rings is 1. The monoisotopic (exact) mass is 360 g/mol. The number of morpholine rings is 1. The van der Waals surface area contributed by atoms with Gasteiger partial charge >= 0.3 is 0 Å². The lowest BCUT2D eigenvalue weighted by molar-refractivity contribution is -0.128. The normalized spacial score (nSPS) is 16.6. The van der Waals surface area contributed by atoms with E-state index in [4.69, 9.17) is 4.74 Å². The number of aryl methyl sites for hydroxylation is 2. The van der Waals surface area contributed by atoms with Crippen LogP contribution in [0.4, 0.5) is 0 Å². The van der Waals surface area contributed by atoms with Crippen LogP contribution in [0.3, 0.4) is 0 Å². The summed E-state index contributed by atoms with van der Waals surface area (Å²) < 4.78 is 5.43. The molecule has 25 heavy (non-hydrogen) atoms. The van der Waals surface area contributed by atoms with E-state index in [9.17, 15) is 4.79 Å². The van der Waals surface area contributed by atoms with Gasteiger partial charge < -0.3 is 10.1 Å². The van der Waals surface area contributed by atoms with Crippen LogP contribution in [0.1, 0.15) is 34.1 Å². The van der Waals surface area contributed by atoms with Gasteiger partial charge in [-0.2, -0.15) is 0 Å². The maximum atomic E-state index is 13.0. The average Bonchev–Trinajstić information content (AvgIpc) is 3.02. The SMILES string of the molecule is CCc1nc(C)sc1CNC(=O)[C@@H](c1cccnc1)N1CCOCC1. The molecule has 0 unspecified atom stereocenters. The second-order valence-electron chi connectivity index (χ2n) is 6.01. The fourth-order valence-corrected chi connectivity index (χ4v) is 4.06. The highest BCUT2D eigenvalue weighted by Crippen LogP contribution is 2.23. The Balaban J connectivity index is 1.74. The van der Waals surface area contributed by atoms with E-state index in [-0.39, 0.29) is 11.9 Å². The van der Waals surface area contributed by atoms with Crippen molar-refractivity contribution in [2.24, 2.45) is 0 Å². The van der Waals surface area contributed by atoms with Crippen molar-refractivity contribution in [1.82, 2.24) is 20.2 Å². The van der Waals surface area contributed by atoms with Gasteiger partial charge in [-0.25, -0.2) is 4.98 Å². The number of carbonyl (C=O) groups is 1. The van der Waals surface area contributed by atoms with Crippen LogP contribution in [-0.4, -0.2) is 47.1 Å². The van der Waals surface area contributed by atoms with Gasteiger partial charge in [0.1, 0.15) is 6.04 Å². The Bertz CT molecular complexity index is 698. The van der Waals surface area contributed by atoms with E-state index < -0.39 is 0 Å². The number of nitrogens with zero attached hydrogens (tertiary/aromatic N) is 3. The Kier molecular flexibility index (Phi) is 6.12. The summed E-state index contributed by atoms with van der Waals surface area (Å²) >= 11 is 1.65. The van der Waals surface area contributed by atoms with Crippen molar-refractivity contribution in [3.05, 3.63) is 45.7 Å². The Morgan fingerprint density at radius 2 is 2.24 bits per heavy atom. The summed E-state index contributed by atoms with van der Waals surface area (Å²) in [6.07, 6.45) is 4.38. The predicted molar refractivity (Wildman–Crippen MR) is 97.4 cm³/mol. The first-order chi connectivity index (χ1) is 12.2. The number of nitrogens with one attached hydrogen (secondary N) is 1. The van der Waals surface area contributed by atoms with Crippen molar-refractivity contribution < 1.29 is 9.53 Å². The average molecular weight is 360 g/mol. The molecule has 3 rings (SSSR count). The fourth-order valence-electron chi connectivity index (χ4n) is 3.09. The van der Waals surface area contributed by atoms with Crippen LogP contribution in [0.15, 0.2) is 24.5 Å². The topological polar surface area (TPSA) is 67.4 Å². The zero-order valence-electron chi connectivity index (χ0n) is 14.7. The molecule has 1 saturated heterocycles. The molecular weight excluding hydrogens is 336 g/mol. The molecule has 1 fully saturated rings.